The maximum atomic E-state index is 12.9. The Balaban J connectivity index is 1.26. The molecular formula is C24H29N3O3. The average Bonchev–Trinajstić information content (AvgIpc) is 3.24. The maximum Gasteiger partial charge on any atom is 0.321 e. The number of carbonyl (C=O) groups is 2. The first kappa shape index (κ1) is 20.3. The number of nitrogens with zero attached hydrogens (tertiary/aromatic N) is 2. The van der Waals surface area contributed by atoms with E-state index in [1.54, 1.807) is 12.0 Å². The van der Waals surface area contributed by atoms with E-state index in [0.29, 0.717) is 24.6 Å². The molecule has 2 aromatic carbocycles. The molecule has 6 nitrogen and oxygen atoms in total. The van der Waals surface area contributed by atoms with E-state index >= 15 is 0 Å². The minimum atomic E-state index is -0.0780. The molecule has 2 saturated heterocycles. The number of likely N-dealkylation sites (tertiary alicyclic amines) is 1. The molecular weight excluding hydrogens is 378 g/mol. The van der Waals surface area contributed by atoms with Crippen molar-refractivity contribution in [1.29, 1.82) is 0 Å². The molecule has 158 valence electrons. The van der Waals surface area contributed by atoms with Gasteiger partial charge in [-0.1, -0.05) is 12.1 Å². The Labute approximate surface area is 177 Å². The van der Waals surface area contributed by atoms with E-state index in [4.69, 9.17) is 4.74 Å². The van der Waals surface area contributed by atoms with Crippen molar-refractivity contribution >= 4 is 17.6 Å². The summed E-state index contributed by atoms with van der Waals surface area (Å²) in [5, 5.41) is 2.79. The number of carbonyl (C=O) groups excluding carboxylic acids is 2. The summed E-state index contributed by atoms with van der Waals surface area (Å²) >= 11 is 0. The largest absolute Gasteiger partial charge is 0.497 e. The van der Waals surface area contributed by atoms with E-state index in [9.17, 15) is 9.59 Å². The number of hydrogen-bond acceptors (Lipinski definition) is 3. The first-order valence-corrected chi connectivity index (χ1v) is 10.7. The normalized spacial score (nSPS) is 17.2. The van der Waals surface area contributed by atoms with Crippen molar-refractivity contribution in [2.75, 3.05) is 38.2 Å². The summed E-state index contributed by atoms with van der Waals surface area (Å²) < 4.78 is 5.21. The number of benzene rings is 2. The van der Waals surface area contributed by atoms with Gasteiger partial charge in [-0.05, 0) is 73.6 Å². The van der Waals surface area contributed by atoms with Crippen LogP contribution in [-0.4, -0.2) is 50.1 Å². The van der Waals surface area contributed by atoms with Crippen molar-refractivity contribution < 1.29 is 14.3 Å². The van der Waals surface area contributed by atoms with Gasteiger partial charge in [0.25, 0.3) is 5.91 Å². The summed E-state index contributed by atoms with van der Waals surface area (Å²) in [6.45, 7) is 2.94. The summed E-state index contributed by atoms with van der Waals surface area (Å²) in [7, 11) is 1.68. The molecule has 3 amide bonds. The molecule has 0 saturated carbocycles. The minimum Gasteiger partial charge on any atom is -0.497 e. The summed E-state index contributed by atoms with van der Waals surface area (Å²) in [5.41, 5.74) is 2.86. The van der Waals surface area contributed by atoms with Crippen LogP contribution >= 0.6 is 0 Å². The van der Waals surface area contributed by atoms with Gasteiger partial charge < -0.3 is 15.0 Å². The SMILES string of the molecule is COc1ccc(CCC2CCN(C(=O)c3ccc(N4CCNC4=O)cc3)CC2)cc1. The van der Waals surface area contributed by atoms with Crippen molar-refractivity contribution in [1.82, 2.24) is 10.2 Å². The van der Waals surface area contributed by atoms with Crippen LogP contribution in [0.5, 0.6) is 5.75 Å². The molecule has 0 aromatic heterocycles. The van der Waals surface area contributed by atoms with Crippen molar-refractivity contribution in [3.8, 4) is 5.75 Å². The third kappa shape index (κ3) is 4.58. The molecule has 2 heterocycles. The average molecular weight is 408 g/mol. The summed E-state index contributed by atoms with van der Waals surface area (Å²) in [6.07, 6.45) is 4.32. The molecule has 2 fully saturated rings. The summed E-state index contributed by atoms with van der Waals surface area (Å²) in [5.74, 6) is 1.63. The van der Waals surface area contributed by atoms with Gasteiger partial charge in [0.1, 0.15) is 5.75 Å². The minimum absolute atomic E-state index is 0.0780. The number of rotatable bonds is 6. The highest BCUT2D eigenvalue weighted by Crippen LogP contribution is 2.25. The standard InChI is InChI=1S/C24H29N3O3/c1-30-22-10-4-18(5-11-22)2-3-19-12-15-26(16-13-19)23(28)20-6-8-21(9-7-20)27-17-14-25-24(27)29/h4-11,19H,2-3,12-17H2,1H3,(H,25,29). The van der Waals surface area contributed by atoms with E-state index in [2.05, 4.69) is 17.4 Å². The quantitative estimate of drug-likeness (QED) is 0.794. The molecule has 2 aromatic rings. The van der Waals surface area contributed by atoms with E-state index in [-0.39, 0.29) is 11.9 Å². The summed E-state index contributed by atoms with van der Waals surface area (Å²) in [4.78, 5) is 28.3. The Hall–Kier alpha value is -3.02. The first-order valence-electron chi connectivity index (χ1n) is 10.7. The van der Waals surface area contributed by atoms with Gasteiger partial charge in [-0.15, -0.1) is 0 Å². The molecule has 30 heavy (non-hydrogen) atoms. The third-order valence-corrected chi connectivity index (χ3v) is 6.18. The van der Waals surface area contributed by atoms with Crippen LogP contribution in [-0.2, 0) is 6.42 Å². The number of nitrogens with one attached hydrogen (secondary N) is 1. The van der Waals surface area contributed by atoms with Crippen LogP contribution in [0.1, 0.15) is 35.2 Å². The molecule has 0 spiro atoms. The van der Waals surface area contributed by atoms with E-state index in [1.807, 2.05) is 41.3 Å². The molecule has 0 bridgehead atoms. The lowest BCUT2D eigenvalue weighted by Gasteiger charge is -2.32. The van der Waals surface area contributed by atoms with Gasteiger partial charge >= 0.3 is 6.03 Å². The lowest BCUT2D eigenvalue weighted by atomic mass is 9.90. The lowest BCUT2D eigenvalue weighted by molar-refractivity contribution is 0.0687. The smallest absolute Gasteiger partial charge is 0.321 e. The van der Waals surface area contributed by atoms with Crippen LogP contribution in [0.4, 0.5) is 10.5 Å². The predicted molar refractivity (Wildman–Crippen MR) is 117 cm³/mol. The number of aryl methyl sites for hydroxylation is 1. The van der Waals surface area contributed by atoms with Crippen molar-refractivity contribution in [3.05, 3.63) is 59.7 Å². The fourth-order valence-corrected chi connectivity index (χ4v) is 4.27. The number of ether oxygens (including phenoxy) is 1. The van der Waals surface area contributed by atoms with Gasteiger partial charge in [-0.25, -0.2) is 4.79 Å². The molecule has 0 radical (unpaired) electrons. The monoisotopic (exact) mass is 407 g/mol. The Morgan fingerprint density at radius 2 is 1.73 bits per heavy atom. The Kier molecular flexibility index (Phi) is 6.21. The number of methoxy groups -OCH3 is 1. The van der Waals surface area contributed by atoms with Crippen LogP contribution in [0, 0.1) is 5.92 Å². The fourth-order valence-electron chi connectivity index (χ4n) is 4.27. The van der Waals surface area contributed by atoms with Gasteiger partial charge in [0.2, 0.25) is 0 Å². The lowest BCUT2D eigenvalue weighted by Crippen LogP contribution is -2.38. The van der Waals surface area contributed by atoms with E-state index < -0.39 is 0 Å². The highest BCUT2D eigenvalue weighted by atomic mass is 16.5. The van der Waals surface area contributed by atoms with E-state index in [0.717, 1.165) is 50.2 Å². The molecule has 0 aliphatic carbocycles. The molecule has 2 aliphatic heterocycles. The zero-order chi connectivity index (χ0) is 20.9. The Morgan fingerprint density at radius 3 is 2.33 bits per heavy atom. The second-order valence-electron chi connectivity index (χ2n) is 8.05. The zero-order valence-electron chi connectivity index (χ0n) is 17.5. The van der Waals surface area contributed by atoms with Crippen LogP contribution in [0.25, 0.3) is 0 Å². The molecule has 2 aliphatic rings. The number of amides is 3. The van der Waals surface area contributed by atoms with Crippen LogP contribution in [0.15, 0.2) is 48.5 Å². The molecule has 6 heteroatoms. The fraction of sp³-hybridized carbons (Fsp3) is 0.417. The summed E-state index contributed by atoms with van der Waals surface area (Å²) in [6, 6.07) is 15.6. The van der Waals surface area contributed by atoms with Gasteiger partial charge in [0.05, 0.1) is 7.11 Å². The van der Waals surface area contributed by atoms with Gasteiger partial charge in [-0.2, -0.15) is 0 Å². The van der Waals surface area contributed by atoms with Gasteiger partial charge in [-0.3, -0.25) is 9.69 Å². The van der Waals surface area contributed by atoms with Crippen molar-refractivity contribution in [3.63, 3.8) is 0 Å². The highest BCUT2D eigenvalue weighted by molar-refractivity contribution is 5.97. The third-order valence-electron chi connectivity index (χ3n) is 6.18. The second-order valence-corrected chi connectivity index (χ2v) is 8.05. The number of hydrogen-bond donors (Lipinski definition) is 1. The van der Waals surface area contributed by atoms with Crippen LogP contribution < -0.4 is 15.0 Å². The molecule has 4 rings (SSSR count). The Bertz CT molecular complexity index is 872. The highest BCUT2D eigenvalue weighted by Gasteiger charge is 2.25. The topological polar surface area (TPSA) is 61.9 Å². The Morgan fingerprint density at radius 1 is 1.03 bits per heavy atom. The van der Waals surface area contributed by atoms with Gasteiger partial charge in [0.15, 0.2) is 0 Å². The maximum absolute atomic E-state index is 12.9. The van der Waals surface area contributed by atoms with Crippen LogP contribution in [0.2, 0.25) is 0 Å². The number of urea groups is 1. The van der Waals surface area contributed by atoms with Crippen molar-refractivity contribution in [2.24, 2.45) is 5.92 Å². The molecule has 1 N–H and O–H groups in total. The number of piperidine rings is 1. The van der Waals surface area contributed by atoms with Gasteiger partial charge in [0, 0.05) is 37.4 Å². The van der Waals surface area contributed by atoms with Crippen molar-refractivity contribution in [2.45, 2.75) is 25.7 Å². The predicted octanol–water partition coefficient (Wildman–Crippen LogP) is 3.71. The molecule has 0 atom stereocenters. The van der Waals surface area contributed by atoms with E-state index in [1.165, 1.54) is 5.56 Å². The van der Waals surface area contributed by atoms with Crippen LogP contribution in [0.3, 0.4) is 0 Å². The second kappa shape index (κ2) is 9.20. The zero-order valence-corrected chi connectivity index (χ0v) is 17.5. The number of anilines is 1. The first-order chi connectivity index (χ1) is 14.6. The molecule has 0 unspecified atom stereocenters.